The molecule has 8 heteroatoms. The number of aromatic amines is 1. The van der Waals surface area contributed by atoms with E-state index in [-0.39, 0.29) is 11.3 Å². The Morgan fingerprint density at radius 1 is 1.20 bits per heavy atom. The Kier molecular flexibility index (Phi) is 5.74. The number of hydrogen-bond donors (Lipinski definition) is 1. The number of benzene rings is 1. The molecule has 0 aliphatic carbocycles. The van der Waals surface area contributed by atoms with E-state index in [1.54, 1.807) is 19.9 Å². The van der Waals surface area contributed by atoms with E-state index in [0.717, 1.165) is 5.69 Å². The predicted octanol–water partition coefficient (Wildman–Crippen LogP) is 3.28. The van der Waals surface area contributed by atoms with Crippen LogP contribution >= 0.6 is 0 Å². The first-order chi connectivity index (χ1) is 11.8. The molecule has 0 amide bonds. The van der Waals surface area contributed by atoms with Crippen molar-refractivity contribution in [1.82, 2.24) is 4.98 Å². The van der Waals surface area contributed by atoms with Gasteiger partial charge in [0.25, 0.3) is 0 Å². The second kappa shape index (κ2) is 7.78. The fourth-order valence-corrected chi connectivity index (χ4v) is 2.35. The summed E-state index contributed by atoms with van der Waals surface area (Å²) in [5, 5.41) is 0. The summed E-state index contributed by atoms with van der Waals surface area (Å²) in [6.45, 7) is -0.156. The number of Topliss-reactive ketones (excluding diaryl/α,β-unsaturated/α-hetero) is 1. The number of methoxy groups -OCH3 is 1. The third-order valence-corrected chi connectivity index (χ3v) is 3.41. The molecule has 0 radical (unpaired) electrons. The third kappa shape index (κ3) is 4.34. The van der Waals surface area contributed by atoms with Gasteiger partial charge in [0, 0.05) is 17.0 Å². The van der Waals surface area contributed by atoms with E-state index >= 15 is 0 Å². The Bertz CT molecular complexity index is 785. The molecule has 2 aromatic rings. The highest BCUT2D eigenvalue weighted by Crippen LogP contribution is 2.32. The van der Waals surface area contributed by atoms with Gasteiger partial charge in [-0.2, -0.15) is 8.78 Å². The number of halogens is 2. The van der Waals surface area contributed by atoms with E-state index in [1.165, 1.54) is 25.3 Å². The molecule has 0 unspecified atom stereocenters. The largest absolute Gasteiger partial charge is 0.493 e. The number of hydrogen-bond acceptors (Lipinski definition) is 5. The first kappa shape index (κ1) is 18.4. The van der Waals surface area contributed by atoms with Crippen LogP contribution in [0.1, 0.15) is 32.1 Å². The molecule has 25 heavy (non-hydrogen) atoms. The molecule has 1 aromatic carbocycles. The molecule has 0 spiro atoms. The normalized spacial score (nSPS) is 10.6. The van der Waals surface area contributed by atoms with Crippen molar-refractivity contribution in [3.8, 4) is 11.5 Å². The number of carbonyl (C=O) groups excluding carboxylic acids is 2. The molecule has 0 aliphatic heterocycles. The Hall–Kier alpha value is -2.90. The van der Waals surface area contributed by atoms with Crippen LogP contribution in [0.2, 0.25) is 0 Å². The highest BCUT2D eigenvalue weighted by molar-refractivity contribution is 6.01. The van der Waals surface area contributed by atoms with Gasteiger partial charge in [-0.25, -0.2) is 4.79 Å². The van der Waals surface area contributed by atoms with Crippen molar-refractivity contribution in [2.75, 3.05) is 13.7 Å². The smallest absolute Gasteiger partial charge is 0.387 e. The van der Waals surface area contributed by atoms with Crippen molar-refractivity contribution in [2.45, 2.75) is 20.5 Å². The molecule has 1 aromatic heterocycles. The number of rotatable bonds is 7. The molecule has 0 bridgehead atoms. The van der Waals surface area contributed by atoms with Gasteiger partial charge in [0.2, 0.25) is 5.78 Å². The average molecular weight is 353 g/mol. The number of H-pyrrole nitrogens is 1. The molecule has 0 saturated heterocycles. The van der Waals surface area contributed by atoms with Gasteiger partial charge in [0.05, 0.1) is 7.11 Å². The molecule has 0 fully saturated rings. The summed E-state index contributed by atoms with van der Waals surface area (Å²) in [5.74, 6) is -1.86. The lowest BCUT2D eigenvalue weighted by atomic mass is 10.1. The van der Waals surface area contributed by atoms with Crippen molar-refractivity contribution in [3.05, 3.63) is 46.8 Å². The molecule has 1 N–H and O–H groups in total. The maximum absolute atomic E-state index is 12.6. The van der Waals surface area contributed by atoms with Crippen molar-refractivity contribution in [1.29, 1.82) is 0 Å². The molecule has 1 heterocycles. The number of ketones is 1. The summed E-state index contributed by atoms with van der Waals surface area (Å²) >= 11 is 0. The summed E-state index contributed by atoms with van der Waals surface area (Å²) in [6.07, 6.45) is 0. The summed E-state index contributed by atoms with van der Waals surface area (Å²) in [6, 6.07) is 5.68. The van der Waals surface area contributed by atoms with Crippen LogP contribution < -0.4 is 9.47 Å². The van der Waals surface area contributed by atoms with Crippen LogP contribution in [-0.2, 0) is 4.74 Å². The van der Waals surface area contributed by atoms with Gasteiger partial charge in [-0.3, -0.25) is 4.79 Å². The monoisotopic (exact) mass is 353 g/mol. The first-order valence-electron chi connectivity index (χ1n) is 7.31. The van der Waals surface area contributed by atoms with Crippen molar-refractivity contribution >= 4 is 11.8 Å². The average Bonchev–Trinajstić information content (AvgIpc) is 2.90. The van der Waals surface area contributed by atoms with Gasteiger partial charge in [0.15, 0.2) is 18.1 Å². The molecular weight excluding hydrogens is 336 g/mol. The fourth-order valence-electron chi connectivity index (χ4n) is 2.35. The van der Waals surface area contributed by atoms with Crippen molar-refractivity contribution in [3.63, 3.8) is 0 Å². The number of alkyl halides is 2. The zero-order chi connectivity index (χ0) is 18.6. The Labute approximate surface area is 142 Å². The van der Waals surface area contributed by atoms with Crippen molar-refractivity contribution in [2.24, 2.45) is 0 Å². The van der Waals surface area contributed by atoms with Crippen LogP contribution in [0.3, 0.4) is 0 Å². The lowest BCUT2D eigenvalue weighted by Crippen LogP contribution is -2.16. The van der Waals surface area contributed by atoms with Gasteiger partial charge in [-0.15, -0.1) is 0 Å². The van der Waals surface area contributed by atoms with Gasteiger partial charge >= 0.3 is 12.6 Å². The topological polar surface area (TPSA) is 77.6 Å². The molecule has 134 valence electrons. The molecule has 0 atom stereocenters. The molecule has 0 aliphatic rings. The first-order valence-corrected chi connectivity index (χ1v) is 7.31. The zero-order valence-electron chi connectivity index (χ0n) is 13.9. The molecule has 6 nitrogen and oxygen atoms in total. The number of aromatic nitrogens is 1. The number of aryl methyl sites for hydroxylation is 2. The highest BCUT2D eigenvalue weighted by atomic mass is 19.3. The minimum atomic E-state index is -3.14. The van der Waals surface area contributed by atoms with Gasteiger partial charge in [-0.1, -0.05) is 6.07 Å². The number of esters is 1. The maximum atomic E-state index is 12.6. The van der Waals surface area contributed by atoms with E-state index < -0.39 is 30.7 Å². The quantitative estimate of drug-likeness (QED) is 0.610. The van der Waals surface area contributed by atoms with E-state index in [0.29, 0.717) is 11.3 Å². The van der Waals surface area contributed by atoms with Crippen LogP contribution in [0.15, 0.2) is 24.3 Å². The summed E-state index contributed by atoms with van der Waals surface area (Å²) < 4.78 is 39.4. The van der Waals surface area contributed by atoms with Crippen LogP contribution in [0.25, 0.3) is 0 Å². The van der Waals surface area contributed by atoms with Gasteiger partial charge in [-0.05, 0) is 32.0 Å². The van der Waals surface area contributed by atoms with E-state index in [2.05, 4.69) is 9.72 Å². The minimum absolute atomic E-state index is 0.0434. The number of para-hydroxylation sites is 1. The van der Waals surface area contributed by atoms with Crippen LogP contribution in [0, 0.1) is 13.8 Å². The predicted molar refractivity (Wildman–Crippen MR) is 84.5 cm³/mol. The second-order valence-electron chi connectivity index (χ2n) is 5.21. The molecule has 2 rings (SSSR count). The van der Waals surface area contributed by atoms with Crippen molar-refractivity contribution < 1.29 is 32.6 Å². The lowest BCUT2D eigenvalue weighted by molar-refractivity contribution is -0.0518. The van der Waals surface area contributed by atoms with Gasteiger partial charge < -0.3 is 19.2 Å². The lowest BCUT2D eigenvalue weighted by Gasteiger charge is -2.13. The number of nitrogens with one attached hydrogen (secondary N) is 1. The highest BCUT2D eigenvalue weighted by Gasteiger charge is 2.22. The summed E-state index contributed by atoms with van der Waals surface area (Å²) in [4.78, 5) is 27.3. The Morgan fingerprint density at radius 2 is 1.92 bits per heavy atom. The van der Waals surface area contributed by atoms with Crippen LogP contribution in [-0.4, -0.2) is 37.1 Å². The van der Waals surface area contributed by atoms with E-state index in [9.17, 15) is 18.4 Å². The Balaban J connectivity index is 2.15. The summed E-state index contributed by atoms with van der Waals surface area (Å²) in [5.41, 5.74) is 1.60. The fraction of sp³-hybridized carbons (Fsp3) is 0.294. The van der Waals surface area contributed by atoms with E-state index in [4.69, 9.17) is 9.47 Å². The standard InChI is InChI=1S/C17H17F2NO5/c1-9-7-12(10(2)20-9)13(21)8-24-16(22)11-5-4-6-14(23-3)15(11)25-17(18)19/h4-7,17,20H,8H2,1-3H3. The second-order valence-corrected chi connectivity index (χ2v) is 5.21. The van der Waals surface area contributed by atoms with Gasteiger partial charge in [0.1, 0.15) is 5.56 Å². The van der Waals surface area contributed by atoms with E-state index in [1.807, 2.05) is 0 Å². The molecular formula is C17H17F2NO5. The maximum Gasteiger partial charge on any atom is 0.387 e. The van der Waals surface area contributed by atoms with Crippen LogP contribution in [0.5, 0.6) is 11.5 Å². The zero-order valence-corrected chi connectivity index (χ0v) is 13.9. The number of carbonyl (C=O) groups is 2. The third-order valence-electron chi connectivity index (χ3n) is 3.41. The Morgan fingerprint density at radius 3 is 2.48 bits per heavy atom. The molecule has 0 saturated carbocycles. The minimum Gasteiger partial charge on any atom is -0.493 e. The summed E-state index contributed by atoms with van der Waals surface area (Å²) in [7, 11) is 1.25. The SMILES string of the molecule is COc1cccc(C(=O)OCC(=O)c2cc(C)[nH]c2C)c1OC(F)F. The van der Waals surface area contributed by atoms with Crippen LogP contribution in [0.4, 0.5) is 8.78 Å². The number of ether oxygens (including phenoxy) is 3.